The smallest absolute Gasteiger partial charge is 0.407 e. The van der Waals surface area contributed by atoms with E-state index >= 15 is 0 Å². The lowest BCUT2D eigenvalue weighted by atomic mass is 9.72. The van der Waals surface area contributed by atoms with Crippen LogP contribution in [0.15, 0.2) is 42.5 Å². The van der Waals surface area contributed by atoms with Gasteiger partial charge in [-0.05, 0) is 42.0 Å². The molecule has 178 valence electrons. The summed E-state index contributed by atoms with van der Waals surface area (Å²) in [6.07, 6.45) is 6.31. The fourth-order valence-electron chi connectivity index (χ4n) is 5.30. The van der Waals surface area contributed by atoms with Crippen molar-refractivity contribution in [3.63, 3.8) is 0 Å². The second kappa shape index (κ2) is 10.6. The Balaban J connectivity index is 1.52. The first-order chi connectivity index (χ1) is 16.0. The standard InChI is InChI=1S/C27H36N2O4/c1-2-3-17-33-26(31)28-23-13-16-29(19-23)25(30)24(27(32)14-7-4-8-15-27)22-12-11-20-9-5-6-10-21(20)18-22/h5-6,9-12,18,23-24,32H,2-4,7-8,13-17,19H2,1H3,(H,28,31)/t23-,24?/m0/s1. The van der Waals surface area contributed by atoms with Gasteiger partial charge in [0, 0.05) is 13.1 Å². The number of amides is 2. The van der Waals surface area contributed by atoms with E-state index in [1.54, 1.807) is 0 Å². The molecule has 1 saturated heterocycles. The molecular weight excluding hydrogens is 416 g/mol. The number of ether oxygens (including phenoxy) is 1. The molecule has 2 aromatic carbocycles. The Bertz CT molecular complexity index is 970. The third-order valence-corrected chi connectivity index (χ3v) is 7.16. The molecule has 2 aromatic rings. The summed E-state index contributed by atoms with van der Waals surface area (Å²) in [5.74, 6) is -0.643. The SMILES string of the molecule is CCCCOC(=O)N[C@H]1CCN(C(=O)C(c2ccc3ccccc3c2)C2(O)CCCCC2)C1. The lowest BCUT2D eigenvalue weighted by molar-refractivity contribution is -0.140. The van der Waals surface area contributed by atoms with Crippen molar-refractivity contribution in [2.75, 3.05) is 19.7 Å². The largest absolute Gasteiger partial charge is 0.450 e. The molecule has 33 heavy (non-hydrogen) atoms. The van der Waals surface area contributed by atoms with Crippen LogP contribution in [0.1, 0.15) is 69.8 Å². The minimum atomic E-state index is -1.04. The van der Waals surface area contributed by atoms with Crippen LogP contribution in [0, 0.1) is 0 Å². The minimum absolute atomic E-state index is 0.0432. The Kier molecular flexibility index (Phi) is 7.53. The van der Waals surface area contributed by atoms with Crippen molar-refractivity contribution in [2.24, 2.45) is 0 Å². The first kappa shape index (κ1) is 23.6. The Labute approximate surface area is 196 Å². The Morgan fingerprint density at radius 3 is 2.67 bits per heavy atom. The number of hydrogen-bond donors (Lipinski definition) is 2. The molecular formula is C27H36N2O4. The molecule has 2 N–H and O–H groups in total. The summed E-state index contributed by atoms with van der Waals surface area (Å²) in [7, 11) is 0. The zero-order chi connectivity index (χ0) is 23.3. The molecule has 0 spiro atoms. The number of rotatable bonds is 7. The second-order valence-corrected chi connectivity index (χ2v) is 9.61. The van der Waals surface area contributed by atoms with Gasteiger partial charge >= 0.3 is 6.09 Å². The Morgan fingerprint density at radius 2 is 1.91 bits per heavy atom. The lowest BCUT2D eigenvalue weighted by Gasteiger charge is -2.40. The van der Waals surface area contributed by atoms with Crippen LogP contribution in [0.5, 0.6) is 0 Å². The number of nitrogens with one attached hydrogen (secondary N) is 1. The average molecular weight is 453 g/mol. The van der Waals surface area contributed by atoms with Crippen LogP contribution >= 0.6 is 0 Å². The third-order valence-electron chi connectivity index (χ3n) is 7.16. The summed E-state index contributed by atoms with van der Waals surface area (Å²) in [5, 5.41) is 16.8. The molecule has 2 fully saturated rings. The van der Waals surface area contributed by atoms with Crippen LogP contribution in [0.25, 0.3) is 10.8 Å². The van der Waals surface area contributed by atoms with E-state index in [2.05, 4.69) is 17.4 Å². The number of aliphatic hydroxyl groups is 1. The van der Waals surface area contributed by atoms with Crippen molar-refractivity contribution in [1.29, 1.82) is 0 Å². The van der Waals surface area contributed by atoms with E-state index in [9.17, 15) is 14.7 Å². The molecule has 0 aromatic heterocycles. The van der Waals surface area contributed by atoms with Crippen molar-refractivity contribution < 1.29 is 19.4 Å². The zero-order valence-electron chi connectivity index (χ0n) is 19.6. The highest BCUT2D eigenvalue weighted by Gasteiger charge is 2.45. The molecule has 1 unspecified atom stereocenters. The van der Waals surface area contributed by atoms with Gasteiger partial charge in [-0.3, -0.25) is 4.79 Å². The second-order valence-electron chi connectivity index (χ2n) is 9.61. The van der Waals surface area contributed by atoms with Crippen LogP contribution in [0.4, 0.5) is 4.79 Å². The Hall–Kier alpha value is -2.60. The fraction of sp³-hybridized carbons (Fsp3) is 0.556. The number of nitrogens with zero attached hydrogens (tertiary/aromatic N) is 1. The molecule has 1 saturated carbocycles. The van der Waals surface area contributed by atoms with Crippen LogP contribution in [0.2, 0.25) is 0 Å². The van der Waals surface area contributed by atoms with Gasteiger partial charge in [0.1, 0.15) is 0 Å². The van der Waals surface area contributed by atoms with Crippen molar-refractivity contribution >= 4 is 22.8 Å². The number of likely N-dealkylation sites (tertiary alicyclic amines) is 1. The van der Waals surface area contributed by atoms with Gasteiger partial charge in [0.15, 0.2) is 0 Å². The maximum atomic E-state index is 13.9. The molecule has 0 bridgehead atoms. The van der Waals surface area contributed by atoms with Gasteiger partial charge < -0.3 is 20.1 Å². The van der Waals surface area contributed by atoms with Crippen LogP contribution in [-0.2, 0) is 9.53 Å². The predicted octanol–water partition coefficient (Wildman–Crippen LogP) is 4.75. The topological polar surface area (TPSA) is 78.9 Å². The molecule has 2 aliphatic rings. The summed E-state index contributed by atoms with van der Waals surface area (Å²) in [5.41, 5.74) is -0.166. The molecule has 0 radical (unpaired) electrons. The molecule has 1 heterocycles. The number of hydrogen-bond acceptors (Lipinski definition) is 4. The maximum Gasteiger partial charge on any atom is 0.407 e. The number of unbranched alkanes of at least 4 members (excludes halogenated alkanes) is 1. The van der Waals surface area contributed by atoms with Gasteiger partial charge in [-0.15, -0.1) is 0 Å². The van der Waals surface area contributed by atoms with E-state index in [-0.39, 0.29) is 11.9 Å². The van der Waals surface area contributed by atoms with Crippen LogP contribution in [0.3, 0.4) is 0 Å². The van der Waals surface area contributed by atoms with Crippen molar-refractivity contribution in [1.82, 2.24) is 10.2 Å². The van der Waals surface area contributed by atoms with Crippen LogP contribution in [-0.4, -0.2) is 53.3 Å². The molecule has 1 aliphatic heterocycles. The van der Waals surface area contributed by atoms with Gasteiger partial charge in [0.25, 0.3) is 0 Å². The van der Waals surface area contributed by atoms with E-state index in [1.165, 1.54) is 0 Å². The van der Waals surface area contributed by atoms with Gasteiger partial charge in [-0.1, -0.05) is 75.1 Å². The summed E-state index contributed by atoms with van der Waals surface area (Å²) in [6.45, 7) is 3.48. The molecule has 1 aliphatic carbocycles. The molecule has 2 amide bonds. The van der Waals surface area contributed by atoms with E-state index in [1.807, 2.05) is 42.2 Å². The van der Waals surface area contributed by atoms with Crippen molar-refractivity contribution in [3.8, 4) is 0 Å². The third kappa shape index (κ3) is 5.49. The summed E-state index contributed by atoms with van der Waals surface area (Å²) < 4.78 is 5.22. The van der Waals surface area contributed by atoms with Gasteiger partial charge in [-0.25, -0.2) is 4.79 Å². The number of fused-ring (bicyclic) bond motifs is 1. The summed E-state index contributed by atoms with van der Waals surface area (Å²) >= 11 is 0. The predicted molar refractivity (Wildman–Crippen MR) is 129 cm³/mol. The summed E-state index contributed by atoms with van der Waals surface area (Å²) in [6, 6.07) is 14.1. The van der Waals surface area contributed by atoms with E-state index in [0.717, 1.165) is 48.4 Å². The van der Waals surface area contributed by atoms with E-state index in [0.29, 0.717) is 39.0 Å². The monoisotopic (exact) mass is 452 g/mol. The quantitative estimate of drug-likeness (QED) is 0.595. The number of benzene rings is 2. The zero-order valence-corrected chi connectivity index (χ0v) is 19.6. The van der Waals surface area contributed by atoms with Gasteiger partial charge in [0.2, 0.25) is 5.91 Å². The summed E-state index contributed by atoms with van der Waals surface area (Å²) in [4.78, 5) is 27.7. The molecule has 4 rings (SSSR count). The maximum absolute atomic E-state index is 13.9. The fourth-order valence-corrected chi connectivity index (χ4v) is 5.30. The molecule has 6 heteroatoms. The Morgan fingerprint density at radius 1 is 1.15 bits per heavy atom. The highest BCUT2D eigenvalue weighted by atomic mass is 16.5. The van der Waals surface area contributed by atoms with E-state index < -0.39 is 17.6 Å². The van der Waals surface area contributed by atoms with Gasteiger partial charge in [0.05, 0.1) is 24.2 Å². The van der Waals surface area contributed by atoms with Crippen molar-refractivity contribution in [2.45, 2.75) is 75.9 Å². The van der Waals surface area contributed by atoms with Gasteiger partial charge in [-0.2, -0.15) is 0 Å². The molecule has 6 nitrogen and oxygen atoms in total. The van der Waals surface area contributed by atoms with Crippen molar-refractivity contribution in [3.05, 3.63) is 48.0 Å². The van der Waals surface area contributed by atoms with Crippen LogP contribution < -0.4 is 5.32 Å². The highest BCUT2D eigenvalue weighted by Crippen LogP contribution is 2.42. The number of carbonyl (C=O) groups is 2. The highest BCUT2D eigenvalue weighted by molar-refractivity contribution is 5.89. The lowest BCUT2D eigenvalue weighted by Crippen LogP contribution is -2.48. The normalized spacial score (nSPS) is 21.0. The number of alkyl carbamates (subject to hydrolysis) is 1. The molecule has 2 atom stereocenters. The first-order valence-electron chi connectivity index (χ1n) is 12.4. The average Bonchev–Trinajstić information content (AvgIpc) is 3.28. The first-order valence-corrected chi connectivity index (χ1v) is 12.4. The minimum Gasteiger partial charge on any atom is -0.450 e. The number of carbonyl (C=O) groups excluding carboxylic acids is 2. The van der Waals surface area contributed by atoms with E-state index in [4.69, 9.17) is 4.74 Å².